The highest BCUT2D eigenvalue weighted by atomic mass is 32.1. The Hall–Kier alpha value is -7.92. The Morgan fingerprint density at radius 1 is 0.397 bits per heavy atom. The molecule has 0 saturated carbocycles. The molecule has 1 atom stereocenters. The molecule has 8 aromatic carbocycles. The van der Waals surface area contributed by atoms with Gasteiger partial charge in [0.1, 0.15) is 0 Å². The van der Waals surface area contributed by atoms with Crippen LogP contribution in [0.2, 0.25) is 0 Å². The number of hydrogen-bond donors (Lipinski definition) is 0. The number of hydrogen-bond acceptors (Lipinski definition) is 3. The SMILES string of the molecule is c1ccc(-c2cc(-c3ccc4c(c3)C3(c5ccccc5-4)c4ccccc4-c4c3ccc3c5ccccc5n(-c5ccc(-c6cccc7c6sc6ccccc67)cc5)c43)ccn2)nc1. The summed E-state index contributed by atoms with van der Waals surface area (Å²) in [4.78, 5) is 9.34. The minimum atomic E-state index is -0.521. The normalized spacial score (nSPS) is 14.7. The maximum atomic E-state index is 4.73. The molecule has 0 aliphatic heterocycles. The van der Waals surface area contributed by atoms with Gasteiger partial charge in [0.05, 0.1) is 27.8 Å². The first-order valence-electron chi connectivity index (χ1n) is 21.6. The van der Waals surface area contributed by atoms with E-state index in [0.29, 0.717) is 0 Å². The lowest BCUT2D eigenvalue weighted by Gasteiger charge is -2.30. The summed E-state index contributed by atoms with van der Waals surface area (Å²) in [5.74, 6) is 0. The summed E-state index contributed by atoms with van der Waals surface area (Å²) >= 11 is 1.88. The van der Waals surface area contributed by atoms with Crippen LogP contribution in [0.3, 0.4) is 0 Å². The van der Waals surface area contributed by atoms with Gasteiger partial charge < -0.3 is 4.57 Å². The zero-order valence-corrected chi connectivity index (χ0v) is 34.8. The molecule has 0 fully saturated rings. The van der Waals surface area contributed by atoms with Crippen molar-refractivity contribution >= 4 is 53.3 Å². The van der Waals surface area contributed by atoms with Gasteiger partial charge in [-0.3, -0.25) is 9.97 Å². The number of nitrogens with zero attached hydrogens (tertiary/aromatic N) is 3. The van der Waals surface area contributed by atoms with Gasteiger partial charge in [-0.1, -0.05) is 146 Å². The molecule has 2 aliphatic rings. The van der Waals surface area contributed by atoms with Crippen molar-refractivity contribution < 1.29 is 0 Å². The van der Waals surface area contributed by atoms with Crippen molar-refractivity contribution in [1.82, 2.24) is 14.5 Å². The van der Waals surface area contributed by atoms with Crippen molar-refractivity contribution in [2.24, 2.45) is 0 Å². The molecule has 2 aliphatic carbocycles. The molecular weight excluding hydrogens is 783 g/mol. The summed E-state index contributed by atoms with van der Waals surface area (Å²) < 4.78 is 5.18. The third kappa shape index (κ3) is 4.73. The topological polar surface area (TPSA) is 30.7 Å². The summed E-state index contributed by atoms with van der Waals surface area (Å²) in [5, 5.41) is 5.15. The van der Waals surface area contributed by atoms with Gasteiger partial charge in [-0.15, -0.1) is 11.3 Å². The lowest BCUT2D eigenvalue weighted by atomic mass is 9.70. The van der Waals surface area contributed by atoms with Crippen molar-refractivity contribution in [1.29, 1.82) is 0 Å². The molecule has 0 saturated heterocycles. The fraction of sp³-hybridized carbons (Fsp3) is 0.0169. The van der Waals surface area contributed by atoms with Crippen LogP contribution in [0.15, 0.2) is 213 Å². The first kappa shape index (κ1) is 34.8. The molecule has 14 rings (SSSR count). The number of para-hydroxylation sites is 1. The fourth-order valence-corrected chi connectivity index (χ4v) is 12.4. The molecular formula is C59H35N3S. The zero-order valence-electron chi connectivity index (χ0n) is 34.0. The van der Waals surface area contributed by atoms with Gasteiger partial charge >= 0.3 is 0 Å². The summed E-state index contributed by atoms with van der Waals surface area (Å²) in [6, 6.07) is 74.1. The highest BCUT2D eigenvalue weighted by molar-refractivity contribution is 7.26. The van der Waals surface area contributed by atoms with Gasteiger partial charge in [-0.25, -0.2) is 0 Å². The molecule has 3 nitrogen and oxygen atoms in total. The van der Waals surface area contributed by atoms with Crippen LogP contribution in [0.1, 0.15) is 22.3 Å². The standard InChI is InChI=1S/C59H35N3S/c1-5-18-48-41(12-1)42-28-25-37(38-31-33-61-53(35-38)52-20-9-10-32-60-52)34-51(42)59(48)49-19-6-2-15-47(49)56-50(59)30-29-45-43-13-3-7-21-54(43)62(57(45)56)39-26-23-36(24-27-39)40-16-11-17-46-44-14-4-8-22-55(44)63-58(40)46/h1-35H. The lowest BCUT2D eigenvalue weighted by molar-refractivity contribution is 0.794. The number of rotatable bonds is 4. The fourth-order valence-electron chi connectivity index (χ4n) is 11.2. The molecule has 4 aromatic heterocycles. The molecule has 1 spiro atoms. The van der Waals surface area contributed by atoms with Crippen LogP contribution < -0.4 is 0 Å². The van der Waals surface area contributed by atoms with E-state index >= 15 is 0 Å². The van der Waals surface area contributed by atoms with Crippen LogP contribution >= 0.6 is 11.3 Å². The Kier molecular flexibility index (Phi) is 7.20. The lowest BCUT2D eigenvalue weighted by Crippen LogP contribution is -2.25. The molecule has 4 heterocycles. The Morgan fingerprint density at radius 3 is 1.95 bits per heavy atom. The smallest absolute Gasteiger partial charge is 0.0892 e. The third-order valence-electron chi connectivity index (χ3n) is 13.7. The van der Waals surface area contributed by atoms with Crippen molar-refractivity contribution in [3.05, 3.63) is 235 Å². The van der Waals surface area contributed by atoms with E-state index in [2.05, 4.69) is 192 Å². The van der Waals surface area contributed by atoms with E-state index in [0.717, 1.165) is 28.2 Å². The quantitative estimate of drug-likeness (QED) is 0.177. The van der Waals surface area contributed by atoms with Crippen LogP contribution in [0.5, 0.6) is 0 Å². The maximum Gasteiger partial charge on any atom is 0.0892 e. The number of fused-ring (bicyclic) bond motifs is 17. The minimum Gasteiger partial charge on any atom is -0.309 e. The average Bonchev–Trinajstić information content (AvgIpc) is 4.08. The minimum absolute atomic E-state index is 0.521. The van der Waals surface area contributed by atoms with Crippen LogP contribution in [0.4, 0.5) is 0 Å². The molecule has 12 aromatic rings. The van der Waals surface area contributed by atoms with Crippen LogP contribution in [0.25, 0.3) is 104 Å². The van der Waals surface area contributed by atoms with E-state index in [9.17, 15) is 0 Å². The summed E-state index contributed by atoms with van der Waals surface area (Å²) in [7, 11) is 0. The van der Waals surface area contributed by atoms with Gasteiger partial charge in [-0.05, 0) is 116 Å². The largest absolute Gasteiger partial charge is 0.309 e. The molecule has 0 radical (unpaired) electrons. The number of benzene rings is 8. The van der Waals surface area contributed by atoms with Gasteiger partial charge in [0.15, 0.2) is 0 Å². The Labute approximate surface area is 367 Å². The van der Waals surface area contributed by atoms with Crippen LogP contribution in [-0.4, -0.2) is 14.5 Å². The Balaban J connectivity index is 1.01. The highest BCUT2D eigenvalue weighted by Crippen LogP contribution is 2.64. The average molecular weight is 818 g/mol. The molecule has 4 heteroatoms. The summed E-state index contributed by atoms with van der Waals surface area (Å²) in [6.45, 7) is 0. The van der Waals surface area contributed by atoms with E-state index in [1.165, 1.54) is 97.6 Å². The predicted molar refractivity (Wildman–Crippen MR) is 262 cm³/mol. The first-order chi connectivity index (χ1) is 31.3. The van der Waals surface area contributed by atoms with Crippen molar-refractivity contribution in [3.8, 4) is 61.6 Å². The molecule has 292 valence electrons. The molecule has 1 unspecified atom stereocenters. The van der Waals surface area contributed by atoms with Gasteiger partial charge in [0.2, 0.25) is 0 Å². The number of thiophene rings is 1. The zero-order chi connectivity index (χ0) is 41.2. The van der Waals surface area contributed by atoms with Gasteiger partial charge in [0.25, 0.3) is 0 Å². The van der Waals surface area contributed by atoms with Crippen molar-refractivity contribution in [2.75, 3.05) is 0 Å². The second kappa shape index (κ2) is 13.0. The molecule has 0 bridgehead atoms. The monoisotopic (exact) mass is 817 g/mol. The summed E-state index contributed by atoms with van der Waals surface area (Å²) in [5.41, 5.74) is 20.0. The van der Waals surface area contributed by atoms with Crippen LogP contribution in [-0.2, 0) is 5.41 Å². The maximum absolute atomic E-state index is 4.73. The Morgan fingerprint density at radius 2 is 1.08 bits per heavy atom. The highest BCUT2D eigenvalue weighted by Gasteiger charge is 2.52. The molecule has 0 N–H and O–H groups in total. The predicted octanol–water partition coefficient (Wildman–Crippen LogP) is 15.3. The molecule has 63 heavy (non-hydrogen) atoms. The van der Waals surface area contributed by atoms with Crippen molar-refractivity contribution in [3.63, 3.8) is 0 Å². The van der Waals surface area contributed by atoms with E-state index < -0.39 is 5.41 Å². The first-order valence-corrected chi connectivity index (χ1v) is 22.4. The summed E-state index contributed by atoms with van der Waals surface area (Å²) in [6.07, 6.45) is 3.73. The van der Waals surface area contributed by atoms with Gasteiger partial charge in [-0.2, -0.15) is 0 Å². The molecule has 0 amide bonds. The van der Waals surface area contributed by atoms with E-state index in [1.807, 2.05) is 41.9 Å². The number of pyridine rings is 2. The van der Waals surface area contributed by atoms with E-state index in [-0.39, 0.29) is 0 Å². The number of aromatic nitrogens is 3. The van der Waals surface area contributed by atoms with Crippen LogP contribution in [0, 0.1) is 0 Å². The third-order valence-corrected chi connectivity index (χ3v) is 15.0. The Bertz CT molecular complexity index is 3860. The second-order valence-electron chi connectivity index (χ2n) is 16.8. The van der Waals surface area contributed by atoms with E-state index in [1.54, 1.807) is 0 Å². The van der Waals surface area contributed by atoms with E-state index in [4.69, 9.17) is 4.98 Å². The second-order valence-corrected chi connectivity index (χ2v) is 17.9. The van der Waals surface area contributed by atoms with Gasteiger partial charge in [0, 0.05) is 54.6 Å². The van der Waals surface area contributed by atoms with Crippen molar-refractivity contribution in [2.45, 2.75) is 5.41 Å².